The van der Waals surface area contributed by atoms with Crippen LogP contribution < -0.4 is 0 Å². The standard InChI is InChI=1S/C53H32N2/c1-3-13-33(14-4-1)48-41-17-7-8-18-42(41)49(34-15-5-2-6-16-34)52-45-29-28-39(40-20-11-21-44(50(40)45)51(48)52)37-25-24-36-32-38(27-26-35(36)31-37)55-46-22-10-9-19-43(46)53-47(55)23-12-30-54-53/h1-32H. The lowest BCUT2D eigenvalue weighted by molar-refractivity contribution is 1.18. The minimum atomic E-state index is 1.03. The Morgan fingerprint density at radius 2 is 0.927 bits per heavy atom. The van der Waals surface area contributed by atoms with E-state index in [0.29, 0.717) is 0 Å². The van der Waals surface area contributed by atoms with Gasteiger partial charge in [0.05, 0.1) is 16.6 Å². The highest BCUT2D eigenvalue weighted by molar-refractivity contribution is 6.28. The molecule has 0 atom stereocenters. The van der Waals surface area contributed by atoms with Crippen LogP contribution in [0.5, 0.6) is 0 Å². The lowest BCUT2D eigenvalue weighted by Gasteiger charge is -2.20. The Labute approximate surface area is 318 Å². The maximum absolute atomic E-state index is 4.75. The summed E-state index contributed by atoms with van der Waals surface area (Å²) in [6.45, 7) is 0. The molecule has 2 heterocycles. The van der Waals surface area contributed by atoms with Crippen molar-refractivity contribution in [1.29, 1.82) is 0 Å². The second-order valence-corrected chi connectivity index (χ2v) is 14.6. The molecule has 0 radical (unpaired) electrons. The van der Waals surface area contributed by atoms with E-state index in [-0.39, 0.29) is 0 Å². The molecule has 1 aliphatic carbocycles. The summed E-state index contributed by atoms with van der Waals surface area (Å²) >= 11 is 0. The Hall–Kier alpha value is -7.29. The number of hydrogen-bond donors (Lipinski definition) is 0. The topological polar surface area (TPSA) is 17.8 Å². The van der Waals surface area contributed by atoms with E-state index in [1.54, 1.807) is 0 Å². The van der Waals surface area contributed by atoms with Crippen LogP contribution in [0.4, 0.5) is 0 Å². The molecule has 1 aliphatic rings. The molecule has 2 heteroatoms. The average Bonchev–Trinajstić information content (AvgIpc) is 3.77. The minimum Gasteiger partial charge on any atom is -0.308 e. The van der Waals surface area contributed by atoms with Crippen LogP contribution in [0, 0.1) is 0 Å². The van der Waals surface area contributed by atoms with Crippen LogP contribution in [-0.4, -0.2) is 9.55 Å². The first-order valence-electron chi connectivity index (χ1n) is 19.0. The predicted molar refractivity (Wildman–Crippen MR) is 232 cm³/mol. The summed E-state index contributed by atoms with van der Waals surface area (Å²) < 4.78 is 2.34. The monoisotopic (exact) mass is 696 g/mol. The zero-order chi connectivity index (χ0) is 36.0. The van der Waals surface area contributed by atoms with E-state index in [2.05, 4.69) is 187 Å². The van der Waals surface area contributed by atoms with Crippen LogP contribution in [0.15, 0.2) is 194 Å². The second-order valence-electron chi connectivity index (χ2n) is 14.6. The number of benzene rings is 9. The van der Waals surface area contributed by atoms with E-state index in [1.165, 1.54) is 98.9 Å². The van der Waals surface area contributed by atoms with Crippen molar-refractivity contribution in [2.75, 3.05) is 0 Å². The molecule has 0 spiro atoms. The fourth-order valence-corrected chi connectivity index (χ4v) is 9.46. The molecule has 0 bridgehead atoms. The van der Waals surface area contributed by atoms with Gasteiger partial charge in [0, 0.05) is 17.3 Å². The molecular weight excluding hydrogens is 665 g/mol. The number of nitrogens with zero attached hydrogens (tertiary/aromatic N) is 2. The van der Waals surface area contributed by atoms with Crippen LogP contribution in [-0.2, 0) is 0 Å². The summed E-state index contributed by atoms with van der Waals surface area (Å²) in [5, 5.41) is 8.77. The Morgan fingerprint density at radius 3 is 1.67 bits per heavy atom. The Morgan fingerprint density at radius 1 is 0.345 bits per heavy atom. The molecule has 55 heavy (non-hydrogen) atoms. The molecule has 11 aromatic rings. The van der Waals surface area contributed by atoms with E-state index in [1.807, 2.05) is 12.3 Å². The lowest BCUT2D eigenvalue weighted by atomic mass is 9.82. The predicted octanol–water partition coefficient (Wildman–Crippen LogP) is 14.3. The van der Waals surface area contributed by atoms with Crippen molar-refractivity contribution in [3.63, 3.8) is 0 Å². The van der Waals surface area contributed by atoms with E-state index in [0.717, 1.165) is 16.7 Å². The third-order valence-corrected chi connectivity index (χ3v) is 11.7. The van der Waals surface area contributed by atoms with E-state index in [9.17, 15) is 0 Å². The number of para-hydroxylation sites is 1. The van der Waals surface area contributed by atoms with Crippen LogP contribution in [0.25, 0.3) is 116 Å². The van der Waals surface area contributed by atoms with Gasteiger partial charge in [-0.15, -0.1) is 0 Å². The zero-order valence-electron chi connectivity index (χ0n) is 29.9. The van der Waals surface area contributed by atoms with Gasteiger partial charge in [-0.2, -0.15) is 0 Å². The summed E-state index contributed by atoms with van der Waals surface area (Å²) in [7, 11) is 0. The fourth-order valence-electron chi connectivity index (χ4n) is 9.46. The molecule has 0 fully saturated rings. The first-order valence-corrected chi connectivity index (χ1v) is 19.0. The van der Waals surface area contributed by atoms with E-state index in [4.69, 9.17) is 4.98 Å². The number of hydrogen-bond acceptors (Lipinski definition) is 1. The summed E-state index contributed by atoms with van der Waals surface area (Å²) in [6.07, 6.45) is 1.88. The molecule has 2 aromatic heterocycles. The third kappa shape index (κ3) is 4.34. The number of rotatable bonds is 4. The van der Waals surface area contributed by atoms with Crippen molar-refractivity contribution in [2.24, 2.45) is 0 Å². The molecular formula is C53H32N2. The first kappa shape index (κ1) is 30.2. The minimum absolute atomic E-state index is 1.03. The Kier molecular flexibility index (Phi) is 6.37. The van der Waals surface area contributed by atoms with E-state index >= 15 is 0 Å². The maximum Gasteiger partial charge on any atom is 0.0963 e. The van der Waals surface area contributed by atoms with Crippen LogP contribution in [0.3, 0.4) is 0 Å². The average molecular weight is 697 g/mol. The van der Waals surface area contributed by atoms with Crippen molar-refractivity contribution < 1.29 is 0 Å². The molecule has 0 N–H and O–H groups in total. The molecule has 9 aromatic carbocycles. The molecule has 0 aliphatic heterocycles. The first-order chi connectivity index (χ1) is 27.3. The van der Waals surface area contributed by atoms with Crippen molar-refractivity contribution in [3.05, 3.63) is 194 Å². The number of pyridine rings is 1. The van der Waals surface area contributed by atoms with Crippen molar-refractivity contribution in [3.8, 4) is 61.3 Å². The fraction of sp³-hybridized carbons (Fsp3) is 0. The highest BCUT2D eigenvalue weighted by atomic mass is 15.0. The van der Waals surface area contributed by atoms with Gasteiger partial charge in [-0.3, -0.25) is 4.98 Å². The Bertz CT molecular complexity index is 3210. The van der Waals surface area contributed by atoms with Gasteiger partial charge in [0.2, 0.25) is 0 Å². The maximum atomic E-state index is 4.75. The molecule has 0 saturated carbocycles. The van der Waals surface area contributed by atoms with Gasteiger partial charge in [0.1, 0.15) is 0 Å². The van der Waals surface area contributed by atoms with Gasteiger partial charge in [-0.1, -0.05) is 152 Å². The SMILES string of the molecule is c1ccc(-c2c3c(c(-c4ccccc4)c4ccccc24)-c2ccc(-c4ccc5cc(-n6c7ccccc7c7ncccc76)ccc5c4)c4cccc-3c24)cc1. The van der Waals surface area contributed by atoms with Gasteiger partial charge < -0.3 is 4.57 Å². The molecule has 2 nitrogen and oxygen atoms in total. The van der Waals surface area contributed by atoms with Crippen molar-refractivity contribution >= 4 is 54.3 Å². The van der Waals surface area contributed by atoms with Crippen LogP contribution in [0.2, 0.25) is 0 Å². The quantitative estimate of drug-likeness (QED) is 0.179. The number of fused-ring (bicyclic) bond motifs is 8. The van der Waals surface area contributed by atoms with Crippen molar-refractivity contribution in [2.45, 2.75) is 0 Å². The highest BCUT2D eigenvalue weighted by Gasteiger charge is 2.31. The largest absolute Gasteiger partial charge is 0.308 e. The van der Waals surface area contributed by atoms with Crippen molar-refractivity contribution in [1.82, 2.24) is 9.55 Å². The summed E-state index contributed by atoms with van der Waals surface area (Å²) in [5.74, 6) is 0. The molecule has 0 unspecified atom stereocenters. The molecule has 12 rings (SSSR count). The van der Waals surface area contributed by atoms with Crippen LogP contribution in [0.1, 0.15) is 0 Å². The highest BCUT2D eigenvalue weighted by Crippen LogP contribution is 2.58. The smallest absolute Gasteiger partial charge is 0.0963 e. The zero-order valence-corrected chi connectivity index (χ0v) is 29.9. The van der Waals surface area contributed by atoms with Gasteiger partial charge in [0.25, 0.3) is 0 Å². The normalized spacial score (nSPS) is 12.0. The second kappa shape index (κ2) is 11.6. The molecule has 0 saturated heterocycles. The van der Waals surface area contributed by atoms with Gasteiger partial charge in [-0.25, -0.2) is 0 Å². The van der Waals surface area contributed by atoms with E-state index < -0.39 is 0 Å². The number of aromatic nitrogens is 2. The van der Waals surface area contributed by atoms with Crippen LogP contribution >= 0.6 is 0 Å². The van der Waals surface area contributed by atoms with Gasteiger partial charge in [-0.05, 0) is 124 Å². The molecule has 0 amide bonds. The molecule has 254 valence electrons. The summed E-state index contributed by atoms with van der Waals surface area (Å²) in [4.78, 5) is 4.75. The third-order valence-electron chi connectivity index (χ3n) is 11.7. The lowest BCUT2D eigenvalue weighted by Crippen LogP contribution is -1.94. The summed E-state index contributed by atoms with van der Waals surface area (Å²) in [5.41, 5.74) is 17.3. The van der Waals surface area contributed by atoms with Gasteiger partial charge in [0.15, 0.2) is 0 Å². The summed E-state index contributed by atoms with van der Waals surface area (Å²) in [6, 6.07) is 69.0. The Balaban J connectivity index is 1.07. The van der Waals surface area contributed by atoms with Gasteiger partial charge >= 0.3 is 0 Å².